The third-order valence-corrected chi connectivity index (χ3v) is 3.21. The Kier molecular flexibility index (Phi) is 4.19. The number of hydrogen-bond donors (Lipinski definition) is 1. The van der Waals surface area contributed by atoms with E-state index in [1.807, 2.05) is 0 Å². The van der Waals surface area contributed by atoms with Gasteiger partial charge in [-0.2, -0.15) is 0 Å². The smallest absolute Gasteiger partial charge is 0.409 e. The molecule has 0 unspecified atom stereocenters. The van der Waals surface area contributed by atoms with Gasteiger partial charge in [-0.1, -0.05) is 11.6 Å². The number of anilines is 1. The normalized spacial score (nSPS) is 16.4. The number of nitrogens with one attached hydrogen (secondary N) is 1. The first-order valence-corrected chi connectivity index (χ1v) is 6.13. The molecule has 0 bridgehead atoms. The van der Waals surface area contributed by atoms with Crippen LogP contribution >= 0.6 is 11.6 Å². The molecule has 1 aromatic rings. The molecule has 1 aliphatic heterocycles. The fraction of sp³-hybridized carbons (Fsp3) is 0.545. The zero-order valence-electron chi connectivity index (χ0n) is 10.1. The van der Waals surface area contributed by atoms with E-state index in [4.69, 9.17) is 11.6 Å². The lowest BCUT2D eigenvalue weighted by atomic mass is 10.1. The average Bonchev–Trinajstić information content (AvgIpc) is 2.41. The predicted octanol–water partition coefficient (Wildman–Crippen LogP) is 1.77. The molecule has 98 valence electrons. The topological polar surface area (TPSA) is 67.3 Å². The molecule has 0 radical (unpaired) electrons. The number of amides is 1. The van der Waals surface area contributed by atoms with Gasteiger partial charge >= 0.3 is 6.09 Å². The lowest BCUT2D eigenvalue weighted by Gasteiger charge is -2.31. The number of piperidine rings is 1. The average molecular weight is 271 g/mol. The van der Waals surface area contributed by atoms with Gasteiger partial charge in [0.2, 0.25) is 0 Å². The molecule has 0 spiro atoms. The van der Waals surface area contributed by atoms with E-state index >= 15 is 0 Å². The van der Waals surface area contributed by atoms with Crippen LogP contribution in [0.15, 0.2) is 12.5 Å². The standard InChI is InChI=1S/C11H15ClN4O2/c1-18-11(17)16-4-2-8(3-5-16)15-10-9(12)6-13-7-14-10/h6-8H,2-5H2,1H3,(H,13,14,15). The van der Waals surface area contributed by atoms with Gasteiger partial charge in [0.25, 0.3) is 0 Å². The minimum atomic E-state index is -0.270. The third kappa shape index (κ3) is 3.01. The van der Waals surface area contributed by atoms with Crippen LogP contribution in [0.5, 0.6) is 0 Å². The molecule has 1 N–H and O–H groups in total. The Balaban J connectivity index is 1.87. The minimum Gasteiger partial charge on any atom is -0.453 e. The van der Waals surface area contributed by atoms with Crippen molar-refractivity contribution in [3.8, 4) is 0 Å². The molecule has 6 nitrogen and oxygen atoms in total. The van der Waals surface area contributed by atoms with E-state index in [0.29, 0.717) is 23.9 Å². The number of halogens is 1. The summed E-state index contributed by atoms with van der Waals surface area (Å²) in [5.74, 6) is 0.642. The number of methoxy groups -OCH3 is 1. The van der Waals surface area contributed by atoms with E-state index < -0.39 is 0 Å². The molecular formula is C11H15ClN4O2. The van der Waals surface area contributed by atoms with Crippen molar-refractivity contribution in [1.29, 1.82) is 0 Å². The Morgan fingerprint density at radius 1 is 1.56 bits per heavy atom. The molecule has 1 saturated heterocycles. The van der Waals surface area contributed by atoms with E-state index in [1.165, 1.54) is 13.4 Å². The summed E-state index contributed by atoms with van der Waals surface area (Å²) in [6.07, 6.45) is 4.43. The summed E-state index contributed by atoms with van der Waals surface area (Å²) < 4.78 is 4.69. The van der Waals surface area contributed by atoms with Crippen LogP contribution in [0.4, 0.5) is 10.6 Å². The fourth-order valence-electron chi connectivity index (χ4n) is 1.95. The zero-order valence-corrected chi connectivity index (χ0v) is 10.9. The van der Waals surface area contributed by atoms with Gasteiger partial charge < -0.3 is 15.0 Å². The molecule has 0 atom stereocenters. The van der Waals surface area contributed by atoms with Crippen LogP contribution in [0.1, 0.15) is 12.8 Å². The van der Waals surface area contributed by atoms with Crippen molar-refractivity contribution in [1.82, 2.24) is 14.9 Å². The second-order valence-corrected chi connectivity index (χ2v) is 4.50. The van der Waals surface area contributed by atoms with E-state index in [1.54, 1.807) is 11.1 Å². The first-order valence-electron chi connectivity index (χ1n) is 5.75. The van der Waals surface area contributed by atoms with Crippen molar-refractivity contribution >= 4 is 23.5 Å². The van der Waals surface area contributed by atoms with E-state index in [0.717, 1.165) is 12.8 Å². The van der Waals surface area contributed by atoms with Crippen LogP contribution in [0.3, 0.4) is 0 Å². The zero-order chi connectivity index (χ0) is 13.0. The molecule has 1 fully saturated rings. The van der Waals surface area contributed by atoms with Crippen molar-refractivity contribution in [2.45, 2.75) is 18.9 Å². The van der Waals surface area contributed by atoms with Crippen molar-refractivity contribution in [2.24, 2.45) is 0 Å². The summed E-state index contributed by atoms with van der Waals surface area (Å²) in [6, 6.07) is 0.262. The summed E-state index contributed by atoms with van der Waals surface area (Å²) in [7, 11) is 1.40. The number of ether oxygens (including phenoxy) is 1. The highest BCUT2D eigenvalue weighted by Crippen LogP contribution is 2.21. The summed E-state index contributed by atoms with van der Waals surface area (Å²) in [6.45, 7) is 1.35. The Labute approximate surface area is 110 Å². The maximum atomic E-state index is 11.3. The van der Waals surface area contributed by atoms with Crippen LogP contribution in [-0.4, -0.2) is 47.2 Å². The third-order valence-electron chi connectivity index (χ3n) is 2.94. The Hall–Kier alpha value is -1.56. The van der Waals surface area contributed by atoms with Crippen LogP contribution < -0.4 is 5.32 Å². The summed E-state index contributed by atoms with van der Waals surface area (Å²) in [4.78, 5) is 20.9. The summed E-state index contributed by atoms with van der Waals surface area (Å²) in [5.41, 5.74) is 0. The maximum Gasteiger partial charge on any atom is 0.409 e. The van der Waals surface area contributed by atoms with Crippen molar-refractivity contribution in [3.63, 3.8) is 0 Å². The van der Waals surface area contributed by atoms with Gasteiger partial charge in [-0.25, -0.2) is 14.8 Å². The largest absolute Gasteiger partial charge is 0.453 e. The van der Waals surface area contributed by atoms with Crippen LogP contribution in [0, 0.1) is 0 Å². The van der Waals surface area contributed by atoms with Crippen molar-refractivity contribution in [2.75, 3.05) is 25.5 Å². The molecule has 1 amide bonds. The first-order chi connectivity index (χ1) is 8.70. The number of carbonyl (C=O) groups is 1. The molecule has 0 aromatic carbocycles. The number of rotatable bonds is 2. The summed E-state index contributed by atoms with van der Waals surface area (Å²) >= 11 is 5.97. The van der Waals surface area contributed by atoms with E-state index in [-0.39, 0.29) is 12.1 Å². The second kappa shape index (κ2) is 5.86. The Morgan fingerprint density at radius 2 is 2.28 bits per heavy atom. The number of carbonyl (C=O) groups excluding carboxylic acids is 1. The quantitative estimate of drug-likeness (QED) is 0.887. The van der Waals surface area contributed by atoms with Crippen LogP contribution in [0.25, 0.3) is 0 Å². The van der Waals surface area contributed by atoms with Gasteiger partial charge in [0.05, 0.1) is 13.3 Å². The highest BCUT2D eigenvalue weighted by molar-refractivity contribution is 6.32. The van der Waals surface area contributed by atoms with Gasteiger partial charge in [0.1, 0.15) is 17.2 Å². The molecule has 7 heteroatoms. The van der Waals surface area contributed by atoms with Gasteiger partial charge in [-0.3, -0.25) is 0 Å². The second-order valence-electron chi connectivity index (χ2n) is 4.09. The van der Waals surface area contributed by atoms with Gasteiger partial charge in [-0.15, -0.1) is 0 Å². The monoisotopic (exact) mass is 270 g/mol. The minimum absolute atomic E-state index is 0.262. The maximum absolute atomic E-state index is 11.3. The number of likely N-dealkylation sites (tertiary alicyclic amines) is 1. The molecule has 2 rings (SSSR count). The number of aromatic nitrogens is 2. The Bertz CT molecular complexity index is 421. The molecule has 0 saturated carbocycles. The molecule has 1 aromatic heterocycles. The Morgan fingerprint density at radius 3 is 2.89 bits per heavy atom. The fourth-order valence-corrected chi connectivity index (χ4v) is 2.11. The van der Waals surface area contributed by atoms with Gasteiger partial charge in [0.15, 0.2) is 0 Å². The highest BCUT2D eigenvalue weighted by atomic mass is 35.5. The molecule has 1 aliphatic rings. The summed E-state index contributed by atoms with van der Waals surface area (Å²) in [5, 5.41) is 3.77. The van der Waals surface area contributed by atoms with Crippen LogP contribution in [-0.2, 0) is 4.74 Å². The molecule has 0 aliphatic carbocycles. The number of nitrogens with zero attached hydrogens (tertiary/aromatic N) is 3. The predicted molar refractivity (Wildman–Crippen MR) is 67.7 cm³/mol. The van der Waals surface area contributed by atoms with Crippen molar-refractivity contribution in [3.05, 3.63) is 17.5 Å². The molecule has 18 heavy (non-hydrogen) atoms. The SMILES string of the molecule is COC(=O)N1CCC(Nc2ncncc2Cl)CC1. The number of hydrogen-bond acceptors (Lipinski definition) is 5. The lowest BCUT2D eigenvalue weighted by molar-refractivity contribution is 0.113. The first kappa shape index (κ1) is 12.9. The highest BCUT2D eigenvalue weighted by Gasteiger charge is 2.23. The van der Waals surface area contributed by atoms with Crippen molar-refractivity contribution < 1.29 is 9.53 Å². The van der Waals surface area contributed by atoms with Crippen LogP contribution in [0.2, 0.25) is 5.02 Å². The molecular weight excluding hydrogens is 256 g/mol. The molecule has 2 heterocycles. The van der Waals surface area contributed by atoms with E-state index in [9.17, 15) is 4.79 Å². The lowest BCUT2D eigenvalue weighted by Crippen LogP contribution is -2.42. The van der Waals surface area contributed by atoms with Gasteiger partial charge in [0, 0.05) is 19.1 Å². The van der Waals surface area contributed by atoms with E-state index in [2.05, 4.69) is 20.0 Å². The van der Waals surface area contributed by atoms with Gasteiger partial charge in [-0.05, 0) is 12.8 Å².